The predicted octanol–water partition coefficient (Wildman–Crippen LogP) is 4.24. The van der Waals surface area contributed by atoms with Crippen LogP contribution in [-0.4, -0.2) is 84.2 Å². The predicted molar refractivity (Wildman–Crippen MR) is 192 cm³/mol. The summed E-state index contributed by atoms with van der Waals surface area (Å²) in [7, 11) is 1.59. The van der Waals surface area contributed by atoms with Crippen LogP contribution >= 0.6 is 0 Å². The van der Waals surface area contributed by atoms with Gasteiger partial charge in [0.1, 0.15) is 11.5 Å². The maximum Gasteiger partial charge on any atom is 0.261 e. The maximum atomic E-state index is 13.8. The lowest BCUT2D eigenvalue weighted by molar-refractivity contribution is -0.133. The Labute approximate surface area is 297 Å². The molecule has 0 radical (unpaired) electrons. The van der Waals surface area contributed by atoms with Crippen molar-refractivity contribution in [1.29, 1.82) is 0 Å². The molecule has 4 amide bonds. The molecule has 0 spiro atoms. The highest BCUT2D eigenvalue weighted by molar-refractivity contribution is 6.21. The van der Waals surface area contributed by atoms with Crippen LogP contribution in [0, 0.1) is 0 Å². The number of benzene rings is 4. The minimum absolute atomic E-state index is 0.0702. The van der Waals surface area contributed by atoms with E-state index in [1.807, 2.05) is 72.8 Å². The van der Waals surface area contributed by atoms with Crippen molar-refractivity contribution in [3.8, 4) is 11.5 Å². The van der Waals surface area contributed by atoms with Gasteiger partial charge in [-0.05, 0) is 72.4 Å². The van der Waals surface area contributed by atoms with E-state index in [1.54, 1.807) is 36.3 Å². The van der Waals surface area contributed by atoms with E-state index in [0.717, 1.165) is 33.0 Å². The van der Waals surface area contributed by atoms with E-state index in [0.29, 0.717) is 42.9 Å². The standard InChI is InChI=1S/C40H42N4O7/c1-50-30-11-7-10-28(22-30)18-20-43(38(47)19-21-44-39(48)31-12-5-6-13-32(31)40(44)49)25-35(45)33(23-27-8-3-2-4-9-27)42-37(46)17-15-29-14-16-36-34(24-29)41-26-51-36/h2-14,16,22,24,33,35,41,45H,15,17-21,23,25-26H2,1H3,(H,42,46)/t33?,35-/m0/s1. The van der Waals surface area contributed by atoms with Gasteiger partial charge in [-0.15, -0.1) is 0 Å². The lowest BCUT2D eigenvalue weighted by Crippen LogP contribution is -2.51. The third kappa shape index (κ3) is 8.74. The topological polar surface area (TPSA) is 138 Å². The smallest absolute Gasteiger partial charge is 0.261 e. The number of carbonyl (C=O) groups is 4. The Balaban J connectivity index is 1.15. The minimum atomic E-state index is -1.12. The van der Waals surface area contributed by atoms with E-state index in [9.17, 15) is 24.3 Å². The Bertz CT molecular complexity index is 1850. The van der Waals surface area contributed by atoms with Crippen LogP contribution < -0.4 is 20.1 Å². The van der Waals surface area contributed by atoms with E-state index in [2.05, 4.69) is 10.6 Å². The summed E-state index contributed by atoms with van der Waals surface area (Å²) in [5.74, 6) is 0.0599. The van der Waals surface area contributed by atoms with Crippen LogP contribution in [0.5, 0.6) is 11.5 Å². The Morgan fingerprint density at radius 2 is 1.59 bits per heavy atom. The molecule has 2 heterocycles. The summed E-state index contributed by atoms with van der Waals surface area (Å²) in [6, 6.07) is 28.8. The van der Waals surface area contributed by atoms with Gasteiger partial charge < -0.3 is 30.1 Å². The first-order valence-electron chi connectivity index (χ1n) is 17.2. The summed E-state index contributed by atoms with van der Waals surface area (Å²) in [6.07, 6.45) is 0.282. The van der Waals surface area contributed by atoms with E-state index in [1.165, 1.54) is 0 Å². The van der Waals surface area contributed by atoms with Gasteiger partial charge in [0.05, 0.1) is 36.1 Å². The molecular weight excluding hydrogens is 648 g/mol. The number of hydrogen-bond acceptors (Lipinski definition) is 8. The lowest BCUT2D eigenvalue weighted by Gasteiger charge is -2.31. The largest absolute Gasteiger partial charge is 0.497 e. The molecule has 51 heavy (non-hydrogen) atoms. The second kappa shape index (κ2) is 16.4. The number of methoxy groups -OCH3 is 1. The van der Waals surface area contributed by atoms with E-state index < -0.39 is 24.0 Å². The minimum Gasteiger partial charge on any atom is -0.497 e. The van der Waals surface area contributed by atoms with Gasteiger partial charge in [0.2, 0.25) is 11.8 Å². The van der Waals surface area contributed by atoms with Crippen molar-refractivity contribution in [2.45, 2.75) is 44.2 Å². The molecule has 4 aromatic carbocycles. The number of imide groups is 1. The third-order valence-corrected chi connectivity index (χ3v) is 9.28. The summed E-state index contributed by atoms with van der Waals surface area (Å²) in [5.41, 5.74) is 4.38. The van der Waals surface area contributed by atoms with Gasteiger partial charge in [-0.3, -0.25) is 24.1 Å². The van der Waals surface area contributed by atoms with Crippen molar-refractivity contribution in [2.75, 3.05) is 38.8 Å². The fraction of sp³-hybridized carbons (Fsp3) is 0.300. The highest BCUT2D eigenvalue weighted by atomic mass is 16.5. The Hall–Kier alpha value is -5.68. The fourth-order valence-electron chi connectivity index (χ4n) is 6.45. The number of fused-ring (bicyclic) bond motifs is 2. The van der Waals surface area contributed by atoms with Gasteiger partial charge in [-0.25, -0.2) is 0 Å². The number of nitrogens with zero attached hydrogens (tertiary/aromatic N) is 2. The zero-order valence-electron chi connectivity index (χ0n) is 28.5. The van der Waals surface area contributed by atoms with Crippen LogP contribution in [0.1, 0.15) is 50.2 Å². The molecule has 11 nitrogen and oxygen atoms in total. The molecule has 6 rings (SSSR count). The molecule has 0 aromatic heterocycles. The van der Waals surface area contributed by atoms with Crippen LogP contribution in [0.3, 0.4) is 0 Å². The van der Waals surface area contributed by atoms with Gasteiger partial charge >= 0.3 is 0 Å². The Morgan fingerprint density at radius 1 is 0.882 bits per heavy atom. The second-order valence-corrected chi connectivity index (χ2v) is 12.7. The van der Waals surface area contributed by atoms with Crippen molar-refractivity contribution in [2.24, 2.45) is 0 Å². The van der Waals surface area contributed by atoms with Gasteiger partial charge in [-0.2, -0.15) is 0 Å². The Morgan fingerprint density at radius 3 is 2.33 bits per heavy atom. The van der Waals surface area contributed by atoms with Gasteiger partial charge in [0.15, 0.2) is 6.73 Å². The molecule has 0 saturated carbocycles. The van der Waals surface area contributed by atoms with Crippen LogP contribution in [0.2, 0.25) is 0 Å². The molecule has 2 atom stereocenters. The van der Waals surface area contributed by atoms with Crippen molar-refractivity contribution in [3.05, 3.63) is 125 Å². The molecule has 2 aliphatic heterocycles. The summed E-state index contributed by atoms with van der Waals surface area (Å²) >= 11 is 0. The molecular formula is C40H42N4O7. The number of aliphatic hydroxyl groups is 1. The first kappa shape index (κ1) is 35.2. The van der Waals surface area contributed by atoms with Gasteiger partial charge in [0.25, 0.3) is 11.8 Å². The molecule has 0 fully saturated rings. The van der Waals surface area contributed by atoms with Gasteiger partial charge in [0, 0.05) is 32.5 Å². The van der Waals surface area contributed by atoms with Crippen LogP contribution in [0.25, 0.3) is 0 Å². The molecule has 264 valence electrons. The fourth-order valence-corrected chi connectivity index (χ4v) is 6.45. The summed E-state index contributed by atoms with van der Waals surface area (Å²) in [6.45, 7) is 0.512. The summed E-state index contributed by atoms with van der Waals surface area (Å²) < 4.78 is 10.9. The number of rotatable bonds is 16. The molecule has 1 unspecified atom stereocenters. The first-order valence-corrected chi connectivity index (χ1v) is 17.2. The monoisotopic (exact) mass is 690 g/mol. The number of carbonyl (C=O) groups excluding carboxylic acids is 4. The van der Waals surface area contributed by atoms with E-state index in [4.69, 9.17) is 9.47 Å². The van der Waals surface area contributed by atoms with Crippen molar-refractivity contribution >= 4 is 29.3 Å². The molecule has 2 aliphatic rings. The molecule has 4 aromatic rings. The van der Waals surface area contributed by atoms with Crippen LogP contribution in [-0.2, 0) is 28.9 Å². The molecule has 3 N–H and O–H groups in total. The lowest BCUT2D eigenvalue weighted by atomic mass is 9.99. The first-order chi connectivity index (χ1) is 24.8. The normalized spacial score (nSPS) is 14.2. The van der Waals surface area contributed by atoms with Crippen molar-refractivity contribution < 1.29 is 33.8 Å². The van der Waals surface area contributed by atoms with Crippen LogP contribution in [0.15, 0.2) is 97.1 Å². The number of amides is 4. The maximum absolute atomic E-state index is 13.8. The quantitative estimate of drug-likeness (QED) is 0.149. The number of hydrogen-bond donors (Lipinski definition) is 3. The highest BCUT2D eigenvalue weighted by Crippen LogP contribution is 2.30. The number of aryl methyl sites for hydroxylation is 1. The van der Waals surface area contributed by atoms with Crippen molar-refractivity contribution in [3.63, 3.8) is 0 Å². The number of ether oxygens (including phenoxy) is 2. The van der Waals surface area contributed by atoms with E-state index in [-0.39, 0.29) is 44.3 Å². The third-order valence-electron chi connectivity index (χ3n) is 9.28. The molecule has 11 heteroatoms. The SMILES string of the molecule is COc1cccc(CCN(C[C@H](O)C(Cc2ccccc2)NC(=O)CCc2ccc3c(c2)NCO3)C(=O)CCN2C(=O)c3ccccc3C2=O)c1. The Kier molecular flexibility index (Phi) is 11.3. The number of aliphatic hydroxyl groups excluding tert-OH is 1. The molecule has 0 aliphatic carbocycles. The zero-order chi connectivity index (χ0) is 35.7. The van der Waals surface area contributed by atoms with E-state index >= 15 is 0 Å². The number of nitrogens with one attached hydrogen (secondary N) is 2. The van der Waals surface area contributed by atoms with Crippen molar-refractivity contribution in [1.82, 2.24) is 15.1 Å². The molecule has 0 saturated heterocycles. The average Bonchev–Trinajstić information content (AvgIpc) is 3.72. The molecule has 0 bridgehead atoms. The second-order valence-electron chi connectivity index (χ2n) is 12.7. The summed E-state index contributed by atoms with van der Waals surface area (Å²) in [5, 5.41) is 17.9. The zero-order valence-corrected chi connectivity index (χ0v) is 28.5. The van der Waals surface area contributed by atoms with Gasteiger partial charge in [-0.1, -0.05) is 60.7 Å². The highest BCUT2D eigenvalue weighted by Gasteiger charge is 2.35. The summed E-state index contributed by atoms with van der Waals surface area (Å²) in [4.78, 5) is 55.8. The van der Waals surface area contributed by atoms with Crippen LogP contribution in [0.4, 0.5) is 5.69 Å². The number of anilines is 1. The average molecular weight is 691 g/mol.